The summed E-state index contributed by atoms with van der Waals surface area (Å²) in [7, 11) is 1.76. The van der Waals surface area contributed by atoms with Crippen LogP contribution in [-0.2, 0) is 4.74 Å². The molecule has 5 heteroatoms. The number of carbonyl (C=O) groups excluding carboxylic acids is 1. The van der Waals surface area contributed by atoms with Gasteiger partial charge in [0.25, 0.3) is 0 Å². The third kappa shape index (κ3) is 4.65. The number of likely N-dealkylation sites (N-methyl/N-ethyl adjacent to an activating group) is 1. The molecule has 20 heavy (non-hydrogen) atoms. The molecule has 110 valence electrons. The van der Waals surface area contributed by atoms with E-state index in [9.17, 15) is 13.6 Å². The molecule has 1 aromatic carbocycles. The fraction of sp³-hybridized carbons (Fsp3) is 0.533. The number of ketones is 1. The van der Waals surface area contributed by atoms with E-state index < -0.39 is 17.4 Å². The second kappa shape index (κ2) is 6.90. The van der Waals surface area contributed by atoms with Crippen LogP contribution in [0.1, 0.15) is 23.2 Å². The van der Waals surface area contributed by atoms with Crippen molar-refractivity contribution in [1.29, 1.82) is 0 Å². The molecule has 0 amide bonds. The predicted molar refractivity (Wildman–Crippen MR) is 71.7 cm³/mol. The Morgan fingerprint density at radius 2 is 2.15 bits per heavy atom. The lowest BCUT2D eigenvalue weighted by Gasteiger charge is -2.16. The molecule has 0 bridgehead atoms. The minimum atomic E-state index is -0.685. The largest absolute Gasteiger partial charge is 0.380 e. The van der Waals surface area contributed by atoms with E-state index in [1.165, 1.54) is 12.8 Å². The number of hydrogen-bond donors (Lipinski definition) is 0. The van der Waals surface area contributed by atoms with E-state index in [0.29, 0.717) is 19.1 Å². The summed E-state index contributed by atoms with van der Waals surface area (Å²) < 4.78 is 31.9. The van der Waals surface area contributed by atoms with Gasteiger partial charge >= 0.3 is 0 Å². The van der Waals surface area contributed by atoms with E-state index in [-0.39, 0.29) is 12.1 Å². The van der Waals surface area contributed by atoms with Crippen molar-refractivity contribution in [2.24, 2.45) is 5.92 Å². The Balaban J connectivity index is 1.75. The topological polar surface area (TPSA) is 29.5 Å². The molecule has 1 fully saturated rings. The predicted octanol–water partition coefficient (Wildman–Crippen LogP) is 2.51. The number of halogens is 2. The monoisotopic (exact) mass is 283 g/mol. The van der Waals surface area contributed by atoms with Crippen LogP contribution in [0.15, 0.2) is 18.2 Å². The zero-order chi connectivity index (χ0) is 14.5. The van der Waals surface area contributed by atoms with Gasteiger partial charge in [-0.3, -0.25) is 9.69 Å². The summed E-state index contributed by atoms with van der Waals surface area (Å²) in [5.74, 6) is -1.00. The summed E-state index contributed by atoms with van der Waals surface area (Å²) in [6.45, 7) is 1.97. The first kappa shape index (κ1) is 15.1. The lowest BCUT2D eigenvalue weighted by atomic mass is 10.1. The molecule has 3 nitrogen and oxygen atoms in total. The van der Waals surface area contributed by atoms with E-state index in [1.54, 1.807) is 11.9 Å². The third-order valence-electron chi connectivity index (χ3n) is 3.31. The molecule has 0 heterocycles. The summed E-state index contributed by atoms with van der Waals surface area (Å²) in [5, 5.41) is 0. The standard InChI is InChI=1S/C15H19F2NO2/c1-18(6-7-20-10-11-2-3-11)9-15(19)13-8-12(16)4-5-14(13)17/h4-5,8,11H,2-3,6-7,9-10H2,1H3. The smallest absolute Gasteiger partial charge is 0.179 e. The zero-order valence-corrected chi connectivity index (χ0v) is 11.6. The number of ether oxygens (including phenoxy) is 1. The third-order valence-corrected chi connectivity index (χ3v) is 3.31. The van der Waals surface area contributed by atoms with Crippen LogP contribution in [0.5, 0.6) is 0 Å². The molecule has 1 aliphatic rings. The van der Waals surface area contributed by atoms with Crippen LogP contribution in [0, 0.1) is 17.6 Å². The average Bonchev–Trinajstić information content (AvgIpc) is 3.21. The van der Waals surface area contributed by atoms with Crippen molar-refractivity contribution >= 4 is 5.78 Å². The van der Waals surface area contributed by atoms with Crippen LogP contribution in [0.3, 0.4) is 0 Å². The molecular weight excluding hydrogens is 264 g/mol. The van der Waals surface area contributed by atoms with Crippen molar-refractivity contribution in [1.82, 2.24) is 4.90 Å². The number of benzene rings is 1. The van der Waals surface area contributed by atoms with Gasteiger partial charge in [-0.1, -0.05) is 0 Å². The highest BCUT2D eigenvalue weighted by molar-refractivity contribution is 5.97. The highest BCUT2D eigenvalue weighted by atomic mass is 19.1. The maximum absolute atomic E-state index is 13.4. The van der Waals surface area contributed by atoms with Crippen LogP contribution in [-0.4, -0.2) is 44.0 Å². The van der Waals surface area contributed by atoms with Crippen molar-refractivity contribution in [3.8, 4) is 0 Å². The maximum atomic E-state index is 13.4. The molecular formula is C15H19F2NO2. The Hall–Kier alpha value is -1.33. The second-order valence-electron chi connectivity index (χ2n) is 5.30. The number of Topliss-reactive ketones (excluding diaryl/α,β-unsaturated/α-hetero) is 1. The normalized spacial score (nSPS) is 14.8. The molecule has 0 saturated heterocycles. The lowest BCUT2D eigenvalue weighted by molar-refractivity contribution is 0.0857. The van der Waals surface area contributed by atoms with Gasteiger partial charge in [-0.25, -0.2) is 8.78 Å². The second-order valence-corrected chi connectivity index (χ2v) is 5.30. The van der Waals surface area contributed by atoms with Gasteiger partial charge < -0.3 is 4.74 Å². The summed E-state index contributed by atoms with van der Waals surface area (Å²) >= 11 is 0. The number of carbonyl (C=O) groups is 1. The first-order valence-corrected chi connectivity index (χ1v) is 6.81. The van der Waals surface area contributed by atoms with Crippen LogP contribution < -0.4 is 0 Å². The van der Waals surface area contributed by atoms with Crippen molar-refractivity contribution in [3.05, 3.63) is 35.4 Å². The molecule has 0 atom stereocenters. The van der Waals surface area contributed by atoms with Gasteiger partial charge in [0.15, 0.2) is 5.78 Å². The lowest BCUT2D eigenvalue weighted by Crippen LogP contribution is -2.30. The van der Waals surface area contributed by atoms with Crippen LogP contribution in [0.2, 0.25) is 0 Å². The summed E-state index contributed by atoms with van der Waals surface area (Å²) in [5.41, 5.74) is -0.198. The SMILES string of the molecule is CN(CCOCC1CC1)CC(=O)c1cc(F)ccc1F. The van der Waals surface area contributed by atoms with E-state index >= 15 is 0 Å². The van der Waals surface area contributed by atoms with Crippen LogP contribution in [0.25, 0.3) is 0 Å². The van der Waals surface area contributed by atoms with Gasteiger partial charge in [-0.2, -0.15) is 0 Å². The van der Waals surface area contributed by atoms with Crippen LogP contribution >= 0.6 is 0 Å². The van der Waals surface area contributed by atoms with Crippen molar-refractivity contribution in [2.45, 2.75) is 12.8 Å². The Labute approximate surface area is 117 Å². The van der Waals surface area contributed by atoms with Gasteiger partial charge in [0, 0.05) is 13.2 Å². The number of nitrogens with zero attached hydrogens (tertiary/aromatic N) is 1. The van der Waals surface area contributed by atoms with E-state index in [2.05, 4.69) is 0 Å². The molecule has 2 rings (SSSR count). The fourth-order valence-electron chi connectivity index (χ4n) is 1.88. The summed E-state index contributed by atoms with van der Waals surface area (Å²) in [6, 6.07) is 2.91. The average molecular weight is 283 g/mol. The maximum Gasteiger partial charge on any atom is 0.179 e. The van der Waals surface area contributed by atoms with Gasteiger partial charge in [0.1, 0.15) is 11.6 Å². The van der Waals surface area contributed by atoms with E-state index in [0.717, 1.165) is 24.8 Å². The molecule has 0 aliphatic heterocycles. The molecule has 0 spiro atoms. The van der Waals surface area contributed by atoms with Gasteiger partial charge in [-0.05, 0) is 44.0 Å². The Morgan fingerprint density at radius 3 is 2.85 bits per heavy atom. The van der Waals surface area contributed by atoms with Crippen LogP contribution in [0.4, 0.5) is 8.78 Å². The molecule has 1 saturated carbocycles. The van der Waals surface area contributed by atoms with Gasteiger partial charge in [0.2, 0.25) is 0 Å². The Bertz CT molecular complexity index is 475. The quantitative estimate of drug-likeness (QED) is 0.542. The van der Waals surface area contributed by atoms with Gasteiger partial charge in [0.05, 0.1) is 18.7 Å². The van der Waals surface area contributed by atoms with E-state index in [1.807, 2.05) is 0 Å². The highest BCUT2D eigenvalue weighted by Crippen LogP contribution is 2.28. The number of rotatable bonds is 8. The van der Waals surface area contributed by atoms with Crippen molar-refractivity contribution in [3.63, 3.8) is 0 Å². The fourth-order valence-corrected chi connectivity index (χ4v) is 1.88. The zero-order valence-electron chi connectivity index (χ0n) is 11.6. The minimum Gasteiger partial charge on any atom is -0.380 e. The van der Waals surface area contributed by atoms with Gasteiger partial charge in [-0.15, -0.1) is 0 Å². The highest BCUT2D eigenvalue weighted by Gasteiger charge is 2.21. The number of hydrogen-bond acceptors (Lipinski definition) is 3. The molecule has 1 aliphatic carbocycles. The summed E-state index contributed by atoms with van der Waals surface area (Å²) in [6.07, 6.45) is 2.49. The van der Waals surface area contributed by atoms with E-state index in [4.69, 9.17) is 4.74 Å². The minimum absolute atomic E-state index is 0.0488. The first-order chi connectivity index (χ1) is 9.56. The van der Waals surface area contributed by atoms with Crippen molar-refractivity contribution in [2.75, 3.05) is 33.4 Å². The Kier molecular flexibility index (Phi) is 5.20. The molecule has 1 aromatic rings. The summed E-state index contributed by atoms with van der Waals surface area (Å²) in [4.78, 5) is 13.6. The first-order valence-electron chi connectivity index (χ1n) is 6.81. The Morgan fingerprint density at radius 1 is 1.40 bits per heavy atom. The van der Waals surface area contributed by atoms with Crippen molar-refractivity contribution < 1.29 is 18.3 Å². The molecule has 0 radical (unpaired) electrons. The molecule has 0 N–H and O–H groups in total. The molecule has 0 aromatic heterocycles. The molecule has 0 unspecified atom stereocenters.